The highest BCUT2D eigenvalue weighted by atomic mass is 32.1. The molecule has 0 saturated carbocycles. The summed E-state index contributed by atoms with van der Waals surface area (Å²) in [7, 11) is 0. The Hall–Kier alpha value is -1.32. The molecule has 2 heterocycles. The number of thiophene rings is 1. The molecule has 114 valence electrons. The summed E-state index contributed by atoms with van der Waals surface area (Å²) in [4.78, 5) is 5.11. The molecule has 0 atom stereocenters. The lowest BCUT2D eigenvalue weighted by atomic mass is 10.1. The van der Waals surface area contributed by atoms with Crippen LogP contribution in [0.1, 0.15) is 36.4 Å². The Morgan fingerprint density at radius 1 is 1.33 bits per heavy atom. The largest absolute Gasteiger partial charge is 0.378 e. The smallest absolute Gasteiger partial charge is 0.0642 e. The number of hydrogen-bond acceptors (Lipinski definition) is 3. The number of ether oxygens (including phenoxy) is 1. The molecule has 1 saturated heterocycles. The van der Waals surface area contributed by atoms with Crippen molar-refractivity contribution in [2.24, 2.45) is 0 Å². The zero-order valence-corrected chi connectivity index (χ0v) is 14.1. The van der Waals surface area contributed by atoms with Gasteiger partial charge in [-0.25, -0.2) is 0 Å². The fraction of sp³-hybridized carbons (Fsp3) is 0.444. The van der Waals surface area contributed by atoms with Crippen molar-refractivity contribution in [1.82, 2.24) is 4.90 Å². The van der Waals surface area contributed by atoms with Gasteiger partial charge in [0.25, 0.3) is 0 Å². The van der Waals surface area contributed by atoms with Crippen molar-refractivity contribution in [2.45, 2.75) is 26.7 Å². The van der Waals surface area contributed by atoms with E-state index in [9.17, 15) is 0 Å². The Kier molecular flexibility index (Phi) is 5.83. The van der Waals surface area contributed by atoms with E-state index in [1.54, 1.807) is 0 Å². The topological polar surface area (TPSA) is 12.5 Å². The molecule has 1 aliphatic heterocycles. The molecular formula is C18H25NOS. The van der Waals surface area contributed by atoms with Gasteiger partial charge in [0, 0.05) is 28.5 Å². The third-order valence-electron chi connectivity index (χ3n) is 3.68. The van der Waals surface area contributed by atoms with Crippen molar-refractivity contribution in [2.75, 3.05) is 26.3 Å². The number of hydrogen-bond donors (Lipinski definition) is 0. The van der Waals surface area contributed by atoms with Crippen LogP contribution in [0.2, 0.25) is 0 Å². The minimum absolute atomic E-state index is 0.587. The van der Waals surface area contributed by atoms with E-state index in [1.165, 1.54) is 21.0 Å². The Morgan fingerprint density at radius 2 is 2.05 bits per heavy atom. The molecule has 1 aromatic rings. The second-order valence-electron chi connectivity index (χ2n) is 5.47. The molecule has 0 N–H and O–H groups in total. The zero-order chi connectivity index (χ0) is 15.2. The van der Waals surface area contributed by atoms with Crippen molar-refractivity contribution >= 4 is 16.9 Å². The minimum Gasteiger partial charge on any atom is -0.378 e. The predicted octanol–water partition coefficient (Wildman–Crippen LogP) is 4.68. The van der Waals surface area contributed by atoms with E-state index in [1.807, 2.05) is 17.4 Å². The third kappa shape index (κ3) is 4.08. The second kappa shape index (κ2) is 7.62. The first-order chi connectivity index (χ1) is 10.2. The molecule has 1 fully saturated rings. The lowest BCUT2D eigenvalue weighted by molar-refractivity contribution is 0.0554. The fourth-order valence-electron chi connectivity index (χ4n) is 2.38. The Balaban J connectivity index is 2.22. The van der Waals surface area contributed by atoms with Crippen molar-refractivity contribution in [3.05, 3.63) is 52.4 Å². The van der Waals surface area contributed by atoms with E-state index in [0.29, 0.717) is 5.92 Å². The first-order valence-corrected chi connectivity index (χ1v) is 8.40. The maximum atomic E-state index is 5.42. The van der Waals surface area contributed by atoms with E-state index in [-0.39, 0.29) is 0 Å². The Labute approximate surface area is 132 Å². The van der Waals surface area contributed by atoms with E-state index >= 15 is 0 Å². The van der Waals surface area contributed by atoms with Crippen molar-refractivity contribution < 1.29 is 4.74 Å². The monoisotopic (exact) mass is 303 g/mol. The number of allylic oxidation sites excluding steroid dienone is 4. The van der Waals surface area contributed by atoms with Crippen molar-refractivity contribution in [3.8, 4) is 0 Å². The highest BCUT2D eigenvalue weighted by Gasteiger charge is 2.13. The van der Waals surface area contributed by atoms with Gasteiger partial charge in [-0.3, -0.25) is 0 Å². The second-order valence-corrected chi connectivity index (χ2v) is 6.59. The summed E-state index contributed by atoms with van der Waals surface area (Å²) in [5.41, 5.74) is 2.46. The first kappa shape index (κ1) is 16.1. The van der Waals surface area contributed by atoms with E-state index in [4.69, 9.17) is 4.74 Å². The molecule has 1 aliphatic rings. The highest BCUT2D eigenvalue weighted by Crippen LogP contribution is 2.30. The Morgan fingerprint density at radius 3 is 2.57 bits per heavy atom. The normalized spacial score (nSPS) is 17.4. The number of nitrogens with zero attached hydrogens (tertiary/aromatic N) is 1. The van der Waals surface area contributed by atoms with Gasteiger partial charge in [-0.1, -0.05) is 26.5 Å². The average molecular weight is 303 g/mol. The predicted molar refractivity (Wildman–Crippen MR) is 92.7 cm³/mol. The zero-order valence-electron chi connectivity index (χ0n) is 13.3. The molecular weight excluding hydrogens is 278 g/mol. The van der Waals surface area contributed by atoms with Crippen LogP contribution in [0.25, 0.3) is 5.57 Å². The molecule has 2 rings (SSSR count). The van der Waals surface area contributed by atoms with E-state index in [2.05, 4.69) is 56.5 Å². The molecule has 1 aromatic heterocycles. The quantitative estimate of drug-likeness (QED) is 0.733. The maximum Gasteiger partial charge on any atom is 0.0642 e. The summed E-state index contributed by atoms with van der Waals surface area (Å²) in [6, 6.07) is 4.47. The van der Waals surface area contributed by atoms with Crippen molar-refractivity contribution in [3.63, 3.8) is 0 Å². The fourth-order valence-corrected chi connectivity index (χ4v) is 3.43. The minimum atomic E-state index is 0.587. The molecule has 0 amide bonds. The first-order valence-electron chi connectivity index (χ1n) is 7.59. The van der Waals surface area contributed by atoms with Gasteiger partial charge in [-0.2, -0.15) is 0 Å². The third-order valence-corrected chi connectivity index (χ3v) is 5.11. The number of morpholine rings is 1. The summed E-state index contributed by atoms with van der Waals surface area (Å²) in [6.45, 7) is 14.0. The van der Waals surface area contributed by atoms with Gasteiger partial charge in [0.2, 0.25) is 0 Å². The van der Waals surface area contributed by atoms with Crippen LogP contribution in [-0.4, -0.2) is 31.2 Å². The van der Waals surface area contributed by atoms with Gasteiger partial charge >= 0.3 is 0 Å². The maximum absolute atomic E-state index is 5.42. The Bertz CT molecular complexity index is 533. The van der Waals surface area contributed by atoms with Gasteiger partial charge < -0.3 is 9.64 Å². The summed E-state index contributed by atoms with van der Waals surface area (Å²) in [5.74, 6) is 0.587. The SMILES string of the molecule is C=C/C(=C\C(=C/C)c1ccc(C(C)C)s1)N1CCOCC1. The highest BCUT2D eigenvalue weighted by molar-refractivity contribution is 7.13. The standard InChI is InChI=1S/C18H25NOS/c1-5-15(18-8-7-17(21-18)14(3)4)13-16(6-2)19-9-11-20-12-10-19/h5-8,13-14H,2,9-12H2,1,3-4H3/b15-5+,16-13+. The van der Waals surface area contributed by atoms with E-state index < -0.39 is 0 Å². The van der Waals surface area contributed by atoms with Gasteiger partial charge in [0.15, 0.2) is 0 Å². The average Bonchev–Trinajstić information content (AvgIpc) is 2.99. The molecule has 0 unspecified atom stereocenters. The summed E-state index contributed by atoms with van der Waals surface area (Å²) in [6.07, 6.45) is 6.37. The van der Waals surface area contributed by atoms with Crippen LogP contribution in [0.3, 0.4) is 0 Å². The van der Waals surface area contributed by atoms with Gasteiger partial charge in [-0.05, 0) is 42.7 Å². The molecule has 0 radical (unpaired) electrons. The van der Waals surface area contributed by atoms with Gasteiger partial charge in [0.1, 0.15) is 0 Å². The van der Waals surface area contributed by atoms with Crippen LogP contribution < -0.4 is 0 Å². The molecule has 3 heteroatoms. The molecule has 0 spiro atoms. The number of rotatable bonds is 5. The van der Waals surface area contributed by atoms with Crippen LogP contribution >= 0.6 is 11.3 Å². The summed E-state index contributed by atoms with van der Waals surface area (Å²) >= 11 is 1.88. The summed E-state index contributed by atoms with van der Waals surface area (Å²) in [5, 5.41) is 0. The van der Waals surface area contributed by atoms with Crippen LogP contribution in [0.15, 0.2) is 42.6 Å². The van der Waals surface area contributed by atoms with Gasteiger partial charge in [0.05, 0.1) is 13.2 Å². The lowest BCUT2D eigenvalue weighted by Crippen LogP contribution is -2.35. The lowest BCUT2D eigenvalue weighted by Gasteiger charge is -2.29. The molecule has 0 aromatic carbocycles. The molecule has 0 bridgehead atoms. The molecule has 2 nitrogen and oxygen atoms in total. The summed E-state index contributed by atoms with van der Waals surface area (Å²) < 4.78 is 5.42. The molecule has 21 heavy (non-hydrogen) atoms. The van der Waals surface area contributed by atoms with Crippen molar-refractivity contribution in [1.29, 1.82) is 0 Å². The van der Waals surface area contributed by atoms with Crippen LogP contribution in [-0.2, 0) is 4.74 Å². The van der Waals surface area contributed by atoms with Gasteiger partial charge in [-0.15, -0.1) is 11.3 Å². The molecule has 0 aliphatic carbocycles. The van der Waals surface area contributed by atoms with Crippen LogP contribution in [0.4, 0.5) is 0 Å². The van der Waals surface area contributed by atoms with Crippen LogP contribution in [0, 0.1) is 0 Å². The van der Waals surface area contributed by atoms with E-state index in [0.717, 1.165) is 26.3 Å². The van der Waals surface area contributed by atoms with Crippen LogP contribution in [0.5, 0.6) is 0 Å².